The predicted molar refractivity (Wildman–Crippen MR) is 84.5 cm³/mol. The maximum atomic E-state index is 10.4. The third kappa shape index (κ3) is 8.51. The number of benzene rings is 1. The number of hydrogen-bond acceptors (Lipinski definition) is 3. The van der Waals surface area contributed by atoms with Crippen molar-refractivity contribution in [2.45, 2.75) is 64.6 Å². The zero-order valence-corrected chi connectivity index (χ0v) is 13.1. The average molecular weight is 291 g/mol. The minimum Gasteiger partial charge on any atom is -0.423 e. The molecule has 0 bridgehead atoms. The van der Waals surface area contributed by atoms with Gasteiger partial charge in [0.15, 0.2) is 0 Å². The van der Waals surface area contributed by atoms with E-state index in [0.29, 0.717) is 6.61 Å². The second-order valence-corrected chi connectivity index (χ2v) is 5.29. The SMILES string of the molecule is CCCCCCCCCCOC(O[C]=O)c1ccccc1. The van der Waals surface area contributed by atoms with Gasteiger partial charge in [0.25, 0.3) is 0 Å². The molecule has 117 valence electrons. The Morgan fingerprint density at radius 2 is 1.57 bits per heavy atom. The Kier molecular flexibility index (Phi) is 10.4. The lowest BCUT2D eigenvalue weighted by Gasteiger charge is -2.15. The molecule has 0 amide bonds. The molecule has 1 aromatic carbocycles. The van der Waals surface area contributed by atoms with Crippen molar-refractivity contribution < 1.29 is 14.3 Å². The second-order valence-electron chi connectivity index (χ2n) is 5.29. The minimum atomic E-state index is -0.631. The quantitative estimate of drug-likeness (QED) is 0.382. The predicted octanol–water partition coefficient (Wildman–Crippen LogP) is 4.93. The number of carbonyl (C=O) groups excluding carboxylic acids is 1. The Morgan fingerprint density at radius 1 is 0.952 bits per heavy atom. The molecule has 0 aliphatic heterocycles. The molecule has 1 atom stereocenters. The van der Waals surface area contributed by atoms with Crippen molar-refractivity contribution in [2.24, 2.45) is 0 Å². The van der Waals surface area contributed by atoms with Gasteiger partial charge in [0.2, 0.25) is 6.29 Å². The summed E-state index contributed by atoms with van der Waals surface area (Å²) in [4.78, 5) is 10.4. The van der Waals surface area contributed by atoms with E-state index in [4.69, 9.17) is 9.47 Å². The lowest BCUT2D eigenvalue weighted by atomic mass is 10.1. The molecule has 0 saturated heterocycles. The summed E-state index contributed by atoms with van der Waals surface area (Å²) in [6.45, 7) is 4.31. The van der Waals surface area contributed by atoms with Gasteiger partial charge in [0.1, 0.15) is 0 Å². The van der Waals surface area contributed by atoms with E-state index in [0.717, 1.165) is 12.0 Å². The Balaban J connectivity index is 2.10. The average Bonchev–Trinajstić information content (AvgIpc) is 2.53. The molecule has 0 saturated carbocycles. The fraction of sp³-hybridized carbons (Fsp3) is 0.611. The van der Waals surface area contributed by atoms with Gasteiger partial charge in [-0.1, -0.05) is 82.2 Å². The van der Waals surface area contributed by atoms with Crippen LogP contribution in [-0.2, 0) is 14.3 Å². The van der Waals surface area contributed by atoms with Crippen molar-refractivity contribution in [3.05, 3.63) is 35.9 Å². The summed E-state index contributed by atoms with van der Waals surface area (Å²) in [6, 6.07) is 9.49. The van der Waals surface area contributed by atoms with Gasteiger partial charge in [-0.2, -0.15) is 0 Å². The topological polar surface area (TPSA) is 35.5 Å². The molecule has 0 N–H and O–H groups in total. The van der Waals surface area contributed by atoms with Crippen LogP contribution in [0, 0.1) is 0 Å². The van der Waals surface area contributed by atoms with Gasteiger partial charge in [-0.15, -0.1) is 0 Å². The standard InChI is InChI=1S/C18H27O3/c1-2-3-4-5-6-7-8-12-15-20-18(21-16-19)17-13-10-9-11-14-17/h9-11,13-14,18H,2-8,12,15H2,1H3. The van der Waals surface area contributed by atoms with Gasteiger partial charge in [-0.3, -0.25) is 0 Å². The highest BCUT2D eigenvalue weighted by Gasteiger charge is 2.12. The molecule has 1 unspecified atom stereocenters. The molecule has 0 fully saturated rings. The molecule has 0 aliphatic carbocycles. The monoisotopic (exact) mass is 291 g/mol. The number of unbranched alkanes of at least 4 members (excludes halogenated alkanes) is 7. The van der Waals surface area contributed by atoms with Gasteiger partial charge >= 0.3 is 6.47 Å². The summed E-state index contributed by atoms with van der Waals surface area (Å²) >= 11 is 0. The molecule has 0 heterocycles. The summed E-state index contributed by atoms with van der Waals surface area (Å²) in [6.07, 6.45) is 9.43. The van der Waals surface area contributed by atoms with E-state index in [1.165, 1.54) is 51.4 Å². The molecule has 0 spiro atoms. The van der Waals surface area contributed by atoms with E-state index < -0.39 is 6.29 Å². The molecule has 0 aromatic heterocycles. The maximum absolute atomic E-state index is 10.4. The smallest absolute Gasteiger partial charge is 0.420 e. The van der Waals surface area contributed by atoms with Crippen LogP contribution in [0.2, 0.25) is 0 Å². The van der Waals surface area contributed by atoms with Crippen LogP contribution in [0.1, 0.15) is 70.1 Å². The minimum absolute atomic E-state index is 0.607. The first kappa shape index (κ1) is 17.7. The number of hydrogen-bond donors (Lipinski definition) is 0. The zero-order chi connectivity index (χ0) is 15.2. The van der Waals surface area contributed by atoms with E-state index in [1.54, 1.807) is 0 Å². The summed E-state index contributed by atoms with van der Waals surface area (Å²) < 4.78 is 10.5. The Bertz CT molecular complexity index is 351. The van der Waals surface area contributed by atoms with E-state index >= 15 is 0 Å². The van der Waals surface area contributed by atoms with Crippen LogP contribution in [0.5, 0.6) is 0 Å². The van der Waals surface area contributed by atoms with Crippen molar-refractivity contribution in [1.29, 1.82) is 0 Å². The van der Waals surface area contributed by atoms with E-state index in [1.807, 2.05) is 30.3 Å². The lowest BCUT2D eigenvalue weighted by Crippen LogP contribution is -2.09. The molecular weight excluding hydrogens is 264 g/mol. The second kappa shape index (κ2) is 12.4. The highest BCUT2D eigenvalue weighted by molar-refractivity contribution is 5.39. The lowest BCUT2D eigenvalue weighted by molar-refractivity contribution is -0.0937. The Labute approximate surface area is 128 Å². The first-order valence-corrected chi connectivity index (χ1v) is 8.07. The van der Waals surface area contributed by atoms with Crippen molar-refractivity contribution in [3.63, 3.8) is 0 Å². The van der Waals surface area contributed by atoms with Crippen LogP contribution in [-0.4, -0.2) is 13.1 Å². The van der Waals surface area contributed by atoms with Crippen LogP contribution in [0.4, 0.5) is 0 Å². The third-order valence-corrected chi connectivity index (χ3v) is 3.49. The van der Waals surface area contributed by atoms with Crippen LogP contribution in [0.15, 0.2) is 30.3 Å². The molecule has 3 nitrogen and oxygen atoms in total. The summed E-state index contributed by atoms with van der Waals surface area (Å²) in [5.41, 5.74) is 0.848. The van der Waals surface area contributed by atoms with Crippen molar-refractivity contribution in [2.75, 3.05) is 6.61 Å². The maximum Gasteiger partial charge on any atom is 0.420 e. The molecule has 1 rings (SSSR count). The third-order valence-electron chi connectivity index (χ3n) is 3.49. The van der Waals surface area contributed by atoms with Crippen LogP contribution < -0.4 is 0 Å². The molecule has 21 heavy (non-hydrogen) atoms. The fourth-order valence-corrected chi connectivity index (χ4v) is 2.28. The molecule has 0 aliphatic rings. The zero-order valence-electron chi connectivity index (χ0n) is 13.1. The first-order valence-electron chi connectivity index (χ1n) is 8.07. The highest BCUT2D eigenvalue weighted by Crippen LogP contribution is 2.18. The van der Waals surface area contributed by atoms with E-state index in [2.05, 4.69) is 6.92 Å². The van der Waals surface area contributed by atoms with Crippen molar-refractivity contribution >= 4 is 6.47 Å². The normalized spacial score (nSPS) is 12.0. The number of rotatable bonds is 13. The van der Waals surface area contributed by atoms with Crippen molar-refractivity contribution in [3.8, 4) is 0 Å². The molecular formula is C18H27O3. The van der Waals surface area contributed by atoms with E-state index in [9.17, 15) is 4.79 Å². The van der Waals surface area contributed by atoms with Crippen LogP contribution in [0.25, 0.3) is 0 Å². The van der Waals surface area contributed by atoms with E-state index in [-0.39, 0.29) is 0 Å². The van der Waals surface area contributed by atoms with Crippen LogP contribution in [0.3, 0.4) is 0 Å². The first-order chi connectivity index (χ1) is 10.4. The van der Waals surface area contributed by atoms with Gasteiger partial charge in [0.05, 0.1) is 6.61 Å². The molecule has 1 aromatic rings. The number of ether oxygens (including phenoxy) is 2. The van der Waals surface area contributed by atoms with Gasteiger partial charge in [0, 0.05) is 5.56 Å². The fourth-order valence-electron chi connectivity index (χ4n) is 2.28. The van der Waals surface area contributed by atoms with Gasteiger partial charge < -0.3 is 9.47 Å². The summed E-state index contributed by atoms with van der Waals surface area (Å²) in [7, 11) is 0. The molecule has 3 heteroatoms. The van der Waals surface area contributed by atoms with Crippen LogP contribution >= 0.6 is 0 Å². The molecule has 1 radical (unpaired) electrons. The van der Waals surface area contributed by atoms with Gasteiger partial charge in [-0.05, 0) is 6.42 Å². The van der Waals surface area contributed by atoms with Gasteiger partial charge in [-0.25, -0.2) is 4.79 Å². The highest BCUT2D eigenvalue weighted by atomic mass is 16.7. The van der Waals surface area contributed by atoms with Crippen molar-refractivity contribution in [1.82, 2.24) is 0 Å². The summed E-state index contributed by atoms with van der Waals surface area (Å²) in [5.74, 6) is 0. The summed E-state index contributed by atoms with van der Waals surface area (Å²) in [5, 5.41) is 0. The Hall–Kier alpha value is -1.35. The largest absolute Gasteiger partial charge is 0.423 e. The Morgan fingerprint density at radius 3 is 2.19 bits per heavy atom.